The molecule has 0 saturated carbocycles. The minimum absolute atomic E-state index is 0.254. The summed E-state index contributed by atoms with van der Waals surface area (Å²) in [6.45, 7) is 0.685. The first-order chi connectivity index (χ1) is 10.3. The smallest absolute Gasteiger partial charge is 0.285 e. The van der Waals surface area contributed by atoms with Gasteiger partial charge in [-0.25, -0.2) is 15.3 Å². The molecule has 0 aliphatic carbocycles. The summed E-state index contributed by atoms with van der Waals surface area (Å²) in [5.74, 6) is -0.254. The molecule has 3 aromatic rings. The van der Waals surface area contributed by atoms with Gasteiger partial charge in [0.25, 0.3) is 5.91 Å². The van der Waals surface area contributed by atoms with Crippen LogP contribution in [0.15, 0.2) is 17.6 Å². The number of hydroxylamine groups is 1. The quantitative estimate of drug-likeness (QED) is 0.753. The number of hydrogen-bond acceptors (Lipinski definition) is 6. The van der Waals surface area contributed by atoms with E-state index in [1.807, 2.05) is 22.0 Å². The van der Waals surface area contributed by atoms with Crippen LogP contribution in [-0.4, -0.2) is 28.2 Å². The van der Waals surface area contributed by atoms with Crippen LogP contribution in [0.5, 0.6) is 0 Å². The molecule has 8 heteroatoms. The molecule has 0 unspecified atom stereocenters. The molecule has 1 fully saturated rings. The number of imidazole rings is 1. The number of rotatable bonds is 3. The predicted molar refractivity (Wildman–Crippen MR) is 80.6 cm³/mol. The van der Waals surface area contributed by atoms with Crippen molar-refractivity contribution >= 4 is 43.9 Å². The van der Waals surface area contributed by atoms with E-state index in [-0.39, 0.29) is 12.2 Å². The zero-order valence-electron chi connectivity index (χ0n) is 11.1. The summed E-state index contributed by atoms with van der Waals surface area (Å²) in [7, 11) is 0. The molecule has 1 aliphatic heterocycles. The number of carbonyl (C=O) groups is 1. The van der Waals surface area contributed by atoms with Crippen LogP contribution in [0.2, 0.25) is 0 Å². The third-order valence-corrected chi connectivity index (χ3v) is 5.16. The number of hydrogen-bond donors (Lipinski definition) is 1. The van der Waals surface area contributed by atoms with Crippen LogP contribution in [0.1, 0.15) is 28.9 Å². The zero-order valence-corrected chi connectivity index (χ0v) is 12.7. The molecule has 0 spiro atoms. The van der Waals surface area contributed by atoms with Crippen LogP contribution >= 0.6 is 22.7 Å². The molecule has 3 aromatic heterocycles. The summed E-state index contributed by atoms with van der Waals surface area (Å²) in [4.78, 5) is 24.3. The van der Waals surface area contributed by atoms with E-state index in [1.54, 1.807) is 11.3 Å². The van der Waals surface area contributed by atoms with E-state index in [1.165, 1.54) is 11.3 Å². The van der Waals surface area contributed by atoms with Crippen molar-refractivity contribution in [1.82, 2.24) is 14.9 Å². The maximum Gasteiger partial charge on any atom is 0.285 e. The Hall–Kier alpha value is -1.48. The Morgan fingerprint density at radius 2 is 2.48 bits per heavy atom. The number of nitrogens with zero attached hydrogens (tertiary/aromatic N) is 2. The first-order valence-corrected chi connectivity index (χ1v) is 8.43. The van der Waals surface area contributed by atoms with Crippen molar-refractivity contribution in [3.63, 3.8) is 0 Å². The molecule has 0 aromatic carbocycles. The minimum atomic E-state index is -0.336. The molecule has 1 aliphatic rings. The van der Waals surface area contributed by atoms with Crippen LogP contribution < -0.4 is 5.48 Å². The van der Waals surface area contributed by atoms with Crippen LogP contribution in [0, 0.1) is 0 Å². The van der Waals surface area contributed by atoms with Gasteiger partial charge < -0.3 is 4.74 Å². The lowest BCUT2D eigenvalue weighted by Gasteiger charge is -2.21. The fraction of sp³-hybridized carbons (Fsp3) is 0.385. The minimum Gasteiger partial charge on any atom is -0.350 e. The van der Waals surface area contributed by atoms with Crippen LogP contribution in [0.4, 0.5) is 0 Å². The van der Waals surface area contributed by atoms with E-state index in [4.69, 9.17) is 9.57 Å². The van der Waals surface area contributed by atoms with E-state index < -0.39 is 0 Å². The van der Waals surface area contributed by atoms with Crippen molar-refractivity contribution < 1.29 is 14.4 Å². The van der Waals surface area contributed by atoms with Gasteiger partial charge in [-0.05, 0) is 18.9 Å². The van der Waals surface area contributed by atoms with Gasteiger partial charge in [-0.2, -0.15) is 0 Å². The average molecular weight is 323 g/mol. The second-order valence-electron chi connectivity index (χ2n) is 4.81. The third kappa shape index (κ3) is 2.44. The SMILES string of the molecule is O=C(NO[C@H]1CCCCO1)c1cc2c(nc3sccn32)s1. The Labute approximate surface area is 128 Å². The zero-order chi connectivity index (χ0) is 14.2. The average Bonchev–Trinajstić information content (AvgIpc) is 3.17. The van der Waals surface area contributed by atoms with E-state index in [2.05, 4.69) is 10.5 Å². The Kier molecular flexibility index (Phi) is 3.38. The maximum atomic E-state index is 12.1. The van der Waals surface area contributed by atoms with Gasteiger partial charge in [-0.3, -0.25) is 9.20 Å². The first kappa shape index (κ1) is 13.2. The highest BCUT2D eigenvalue weighted by Crippen LogP contribution is 2.28. The topological polar surface area (TPSA) is 64.9 Å². The number of fused-ring (bicyclic) bond motifs is 3. The van der Waals surface area contributed by atoms with Crippen molar-refractivity contribution in [1.29, 1.82) is 0 Å². The number of aromatic nitrogens is 2. The molecule has 21 heavy (non-hydrogen) atoms. The van der Waals surface area contributed by atoms with Crippen LogP contribution in [-0.2, 0) is 9.57 Å². The van der Waals surface area contributed by atoms with Gasteiger partial charge in [0.15, 0.2) is 11.3 Å². The summed E-state index contributed by atoms with van der Waals surface area (Å²) in [6, 6.07) is 1.84. The van der Waals surface area contributed by atoms with Crippen LogP contribution in [0.3, 0.4) is 0 Å². The van der Waals surface area contributed by atoms with Gasteiger partial charge in [0.1, 0.15) is 4.83 Å². The second kappa shape index (κ2) is 5.38. The summed E-state index contributed by atoms with van der Waals surface area (Å²) in [6.07, 6.45) is 4.54. The van der Waals surface area contributed by atoms with Gasteiger partial charge in [-0.1, -0.05) is 0 Å². The second-order valence-corrected chi connectivity index (χ2v) is 6.72. The summed E-state index contributed by atoms with van der Waals surface area (Å²) < 4.78 is 7.39. The summed E-state index contributed by atoms with van der Waals surface area (Å²) in [5, 5.41) is 1.97. The fourth-order valence-electron chi connectivity index (χ4n) is 2.33. The molecule has 6 nitrogen and oxygen atoms in total. The normalized spacial score (nSPS) is 19.3. The van der Waals surface area contributed by atoms with Gasteiger partial charge in [0, 0.05) is 24.6 Å². The highest BCUT2D eigenvalue weighted by molar-refractivity contribution is 7.21. The molecular formula is C13H13N3O3S2. The van der Waals surface area contributed by atoms with Gasteiger partial charge in [0.05, 0.1) is 10.4 Å². The summed E-state index contributed by atoms with van der Waals surface area (Å²) >= 11 is 2.94. The van der Waals surface area contributed by atoms with Crippen molar-refractivity contribution in [3.05, 3.63) is 22.5 Å². The standard InChI is InChI=1S/C13H13N3O3S2/c17-11(15-19-10-3-1-2-5-18-10)9-7-8-12(21-9)14-13-16(8)4-6-20-13/h4,6-7,10H,1-3,5H2,(H,15,17)/t10-/m0/s1. The number of carbonyl (C=O) groups excluding carboxylic acids is 1. The molecule has 0 bridgehead atoms. The van der Waals surface area contributed by atoms with Gasteiger partial charge in [-0.15, -0.1) is 22.7 Å². The summed E-state index contributed by atoms with van der Waals surface area (Å²) in [5.41, 5.74) is 3.43. The first-order valence-electron chi connectivity index (χ1n) is 6.74. The molecular weight excluding hydrogens is 310 g/mol. The highest BCUT2D eigenvalue weighted by Gasteiger charge is 2.18. The number of ether oxygens (including phenoxy) is 1. The van der Waals surface area contributed by atoms with E-state index >= 15 is 0 Å². The molecule has 110 valence electrons. The van der Waals surface area contributed by atoms with Crippen molar-refractivity contribution in [2.75, 3.05) is 6.61 Å². The molecule has 4 rings (SSSR count). The Balaban J connectivity index is 1.49. The fourth-order valence-corrected chi connectivity index (χ4v) is 4.02. The molecule has 1 amide bonds. The highest BCUT2D eigenvalue weighted by atomic mass is 32.1. The van der Waals surface area contributed by atoms with Crippen LogP contribution in [0.25, 0.3) is 15.3 Å². The van der Waals surface area contributed by atoms with E-state index in [0.717, 1.165) is 34.6 Å². The van der Waals surface area contributed by atoms with Crippen molar-refractivity contribution in [2.24, 2.45) is 0 Å². The number of thiophene rings is 1. The lowest BCUT2D eigenvalue weighted by Crippen LogP contribution is -2.32. The lowest BCUT2D eigenvalue weighted by molar-refractivity contribution is -0.186. The molecule has 0 radical (unpaired) electrons. The maximum absolute atomic E-state index is 12.1. The molecule has 4 heterocycles. The number of thiazole rings is 1. The number of amides is 1. The van der Waals surface area contributed by atoms with Crippen molar-refractivity contribution in [3.8, 4) is 0 Å². The molecule has 1 N–H and O–H groups in total. The van der Waals surface area contributed by atoms with E-state index in [0.29, 0.717) is 11.5 Å². The predicted octanol–water partition coefficient (Wildman–Crippen LogP) is 2.80. The molecule has 1 saturated heterocycles. The Morgan fingerprint density at radius 3 is 3.33 bits per heavy atom. The Morgan fingerprint density at radius 1 is 1.52 bits per heavy atom. The lowest BCUT2D eigenvalue weighted by atomic mass is 10.2. The van der Waals surface area contributed by atoms with Gasteiger partial charge in [0.2, 0.25) is 0 Å². The van der Waals surface area contributed by atoms with E-state index in [9.17, 15) is 4.79 Å². The number of nitrogens with one attached hydrogen (secondary N) is 1. The van der Waals surface area contributed by atoms with Gasteiger partial charge >= 0.3 is 0 Å². The van der Waals surface area contributed by atoms with Crippen molar-refractivity contribution in [2.45, 2.75) is 25.6 Å². The largest absolute Gasteiger partial charge is 0.350 e. The molecule has 1 atom stereocenters. The monoisotopic (exact) mass is 323 g/mol. The Bertz CT molecular complexity index is 785. The third-order valence-electron chi connectivity index (χ3n) is 3.38.